The minimum absolute atomic E-state index is 0.148. The Morgan fingerprint density at radius 3 is 2.48 bits per heavy atom. The molecule has 0 saturated carbocycles. The number of aldehydes is 1. The van der Waals surface area contributed by atoms with Crippen LogP contribution in [0.5, 0.6) is 5.75 Å². The lowest BCUT2D eigenvalue weighted by Crippen LogP contribution is -2.26. The van der Waals surface area contributed by atoms with Gasteiger partial charge in [0.2, 0.25) is 0 Å². The molecule has 0 fully saturated rings. The highest BCUT2D eigenvalue weighted by atomic mass is 16.5. The van der Waals surface area contributed by atoms with Gasteiger partial charge in [0.25, 0.3) is 0 Å². The van der Waals surface area contributed by atoms with Gasteiger partial charge in [-0.15, -0.1) is 0 Å². The summed E-state index contributed by atoms with van der Waals surface area (Å²) in [5.74, 6) is 1.01. The van der Waals surface area contributed by atoms with Gasteiger partial charge in [0.1, 0.15) is 12.0 Å². The molecule has 118 valence electrons. The first kappa shape index (κ1) is 15.5. The molecule has 0 aliphatic carbocycles. The maximum atomic E-state index is 10.7. The van der Waals surface area contributed by atoms with E-state index in [0.29, 0.717) is 5.56 Å². The number of hydrogen-bond acceptors (Lipinski definition) is 2. The van der Waals surface area contributed by atoms with Gasteiger partial charge < -0.3 is 4.74 Å². The Morgan fingerprint density at radius 2 is 1.78 bits per heavy atom. The van der Waals surface area contributed by atoms with Crippen LogP contribution < -0.4 is 4.74 Å². The smallest absolute Gasteiger partial charge is 0.150 e. The van der Waals surface area contributed by atoms with Crippen LogP contribution in [0.1, 0.15) is 54.2 Å². The summed E-state index contributed by atoms with van der Waals surface area (Å²) >= 11 is 0. The van der Waals surface area contributed by atoms with E-state index in [0.717, 1.165) is 30.6 Å². The van der Waals surface area contributed by atoms with Crippen LogP contribution in [0.4, 0.5) is 0 Å². The molecule has 1 heterocycles. The third kappa shape index (κ3) is 3.21. The Hall–Kier alpha value is -2.35. The molecule has 0 radical (unpaired) electrons. The highest BCUT2D eigenvalue weighted by Crippen LogP contribution is 2.39. The topological polar surface area (TPSA) is 26.3 Å². The van der Waals surface area contributed by atoms with Gasteiger partial charge in [0.15, 0.2) is 0 Å². The van der Waals surface area contributed by atoms with E-state index in [-0.39, 0.29) is 5.41 Å². The second-order valence-corrected chi connectivity index (χ2v) is 6.81. The summed E-state index contributed by atoms with van der Waals surface area (Å²) in [5, 5.41) is 0. The van der Waals surface area contributed by atoms with E-state index in [1.807, 2.05) is 24.3 Å². The largest absolute Gasteiger partial charge is 0.493 e. The molecule has 0 amide bonds. The van der Waals surface area contributed by atoms with Gasteiger partial charge in [-0.25, -0.2) is 0 Å². The second-order valence-electron chi connectivity index (χ2n) is 6.81. The minimum atomic E-state index is 0.148. The molecule has 2 nitrogen and oxygen atoms in total. The average Bonchev–Trinajstić information content (AvgIpc) is 2.55. The van der Waals surface area contributed by atoms with Gasteiger partial charge in [0.05, 0.1) is 6.61 Å². The Bertz CT molecular complexity index is 752. The molecule has 2 heteroatoms. The normalized spacial score (nSPS) is 16.4. The first-order valence-electron chi connectivity index (χ1n) is 8.01. The predicted octanol–water partition coefficient (Wildman–Crippen LogP) is 5.12. The lowest BCUT2D eigenvalue weighted by Gasteiger charge is -2.32. The number of hydrogen-bond donors (Lipinski definition) is 0. The Balaban J connectivity index is 1.94. The van der Waals surface area contributed by atoms with E-state index in [1.165, 1.54) is 16.7 Å². The van der Waals surface area contributed by atoms with Crippen molar-refractivity contribution in [2.45, 2.75) is 32.6 Å². The van der Waals surface area contributed by atoms with Gasteiger partial charge in [0, 0.05) is 11.1 Å². The van der Waals surface area contributed by atoms with E-state index in [2.05, 4.69) is 45.0 Å². The van der Waals surface area contributed by atoms with Gasteiger partial charge in [-0.2, -0.15) is 0 Å². The fraction of sp³-hybridized carbons (Fsp3) is 0.286. The Labute approximate surface area is 137 Å². The Kier molecular flexibility index (Phi) is 4.08. The van der Waals surface area contributed by atoms with Crippen LogP contribution in [0.25, 0.3) is 11.6 Å². The molecule has 0 unspecified atom stereocenters. The highest BCUT2D eigenvalue weighted by molar-refractivity contribution is 5.82. The standard InChI is InChI=1S/C21H22O2/c1-15(12-16-4-6-17(14-22)7-5-16)18-8-9-20-19(13-18)21(2,3)10-11-23-20/h4-9,12-14H,10-11H2,1-3H3/b15-12+. The fourth-order valence-electron chi connectivity index (χ4n) is 2.98. The van der Waals surface area contributed by atoms with Crippen molar-refractivity contribution in [1.29, 1.82) is 0 Å². The number of carbonyl (C=O) groups is 1. The Morgan fingerprint density at radius 1 is 1.09 bits per heavy atom. The van der Waals surface area contributed by atoms with Crippen molar-refractivity contribution in [1.82, 2.24) is 0 Å². The number of allylic oxidation sites excluding steroid dienone is 1. The van der Waals surface area contributed by atoms with Crippen LogP contribution in [0.2, 0.25) is 0 Å². The number of carbonyl (C=O) groups excluding carboxylic acids is 1. The van der Waals surface area contributed by atoms with E-state index in [4.69, 9.17) is 4.74 Å². The van der Waals surface area contributed by atoms with Crippen molar-refractivity contribution in [3.05, 3.63) is 64.7 Å². The minimum Gasteiger partial charge on any atom is -0.493 e. The molecule has 2 aromatic rings. The molecule has 0 N–H and O–H groups in total. The van der Waals surface area contributed by atoms with Gasteiger partial charge in [-0.05, 0) is 47.6 Å². The summed E-state index contributed by atoms with van der Waals surface area (Å²) in [6, 6.07) is 14.1. The van der Waals surface area contributed by atoms with Crippen molar-refractivity contribution in [3.63, 3.8) is 0 Å². The van der Waals surface area contributed by atoms with Gasteiger partial charge >= 0.3 is 0 Å². The number of fused-ring (bicyclic) bond motifs is 1. The summed E-state index contributed by atoms with van der Waals surface area (Å²) in [6.07, 6.45) is 4.05. The molecule has 1 aliphatic heterocycles. The van der Waals surface area contributed by atoms with E-state index in [1.54, 1.807) is 0 Å². The number of rotatable bonds is 3. The summed E-state index contributed by atoms with van der Waals surface area (Å²) in [6.45, 7) is 7.45. The third-order valence-corrected chi connectivity index (χ3v) is 4.60. The predicted molar refractivity (Wildman–Crippen MR) is 95.0 cm³/mol. The van der Waals surface area contributed by atoms with Crippen LogP contribution >= 0.6 is 0 Å². The van der Waals surface area contributed by atoms with Crippen LogP contribution in [-0.2, 0) is 5.41 Å². The quantitative estimate of drug-likeness (QED) is 0.581. The molecule has 0 spiro atoms. The van der Waals surface area contributed by atoms with Crippen molar-refractivity contribution in [2.75, 3.05) is 6.61 Å². The first-order valence-corrected chi connectivity index (χ1v) is 8.01. The van der Waals surface area contributed by atoms with E-state index >= 15 is 0 Å². The zero-order chi connectivity index (χ0) is 16.4. The van der Waals surface area contributed by atoms with Crippen LogP contribution in [0, 0.1) is 0 Å². The van der Waals surface area contributed by atoms with Gasteiger partial charge in [-0.3, -0.25) is 4.79 Å². The summed E-state index contributed by atoms with van der Waals surface area (Å²) < 4.78 is 5.79. The number of benzene rings is 2. The maximum absolute atomic E-state index is 10.7. The monoisotopic (exact) mass is 306 g/mol. The molecule has 0 atom stereocenters. The molecule has 0 aromatic heterocycles. The van der Waals surface area contributed by atoms with E-state index in [9.17, 15) is 4.79 Å². The zero-order valence-electron chi connectivity index (χ0n) is 13.9. The second kappa shape index (κ2) is 6.04. The molecule has 3 rings (SSSR count). The summed E-state index contributed by atoms with van der Waals surface area (Å²) in [7, 11) is 0. The summed E-state index contributed by atoms with van der Waals surface area (Å²) in [4.78, 5) is 10.7. The molecule has 0 bridgehead atoms. The molecule has 23 heavy (non-hydrogen) atoms. The zero-order valence-corrected chi connectivity index (χ0v) is 13.9. The van der Waals surface area contributed by atoms with Crippen molar-refractivity contribution in [3.8, 4) is 5.75 Å². The SMILES string of the molecule is C/C(=C\c1ccc(C=O)cc1)c1ccc2c(c1)C(C)(C)CCO2. The maximum Gasteiger partial charge on any atom is 0.150 e. The lowest BCUT2D eigenvalue weighted by atomic mass is 9.79. The van der Waals surface area contributed by atoms with Crippen molar-refractivity contribution >= 4 is 17.9 Å². The number of ether oxygens (including phenoxy) is 1. The lowest BCUT2D eigenvalue weighted by molar-refractivity contribution is 0.112. The van der Waals surface area contributed by atoms with Crippen LogP contribution in [-0.4, -0.2) is 12.9 Å². The molecule has 1 aliphatic rings. The highest BCUT2D eigenvalue weighted by Gasteiger charge is 2.28. The molecule has 2 aromatic carbocycles. The molecule has 0 saturated heterocycles. The van der Waals surface area contributed by atoms with Crippen molar-refractivity contribution < 1.29 is 9.53 Å². The van der Waals surface area contributed by atoms with Crippen molar-refractivity contribution in [2.24, 2.45) is 0 Å². The summed E-state index contributed by atoms with van der Waals surface area (Å²) in [5.41, 5.74) is 5.64. The first-order chi connectivity index (χ1) is 11.0. The van der Waals surface area contributed by atoms with Crippen LogP contribution in [0.3, 0.4) is 0 Å². The molecular weight excluding hydrogens is 284 g/mol. The average molecular weight is 306 g/mol. The van der Waals surface area contributed by atoms with Gasteiger partial charge in [-0.1, -0.05) is 50.3 Å². The van der Waals surface area contributed by atoms with E-state index < -0.39 is 0 Å². The van der Waals surface area contributed by atoms with Crippen LogP contribution in [0.15, 0.2) is 42.5 Å². The third-order valence-electron chi connectivity index (χ3n) is 4.60. The fourth-order valence-corrected chi connectivity index (χ4v) is 2.98. The molecular formula is C21H22O2.